The monoisotopic (exact) mass is 516 g/mol. The van der Waals surface area contributed by atoms with Crippen LogP contribution < -0.4 is 4.72 Å². The first-order valence-electron chi connectivity index (χ1n) is 8.66. The minimum absolute atomic E-state index is 0.0923. The number of anilines is 1. The fraction of sp³-hybridized carbons (Fsp3) is 0.316. The van der Waals surface area contributed by atoms with E-state index >= 15 is 0 Å². The van der Waals surface area contributed by atoms with Gasteiger partial charge in [0, 0.05) is 27.2 Å². The number of sulfonamides is 1. The van der Waals surface area contributed by atoms with Crippen molar-refractivity contribution < 1.29 is 13.2 Å². The number of carbonyl (C=O) groups is 1. The summed E-state index contributed by atoms with van der Waals surface area (Å²) in [6.07, 6.45) is 5.01. The van der Waals surface area contributed by atoms with Crippen molar-refractivity contribution in [2.24, 2.45) is 0 Å². The van der Waals surface area contributed by atoms with Gasteiger partial charge in [0.2, 0.25) is 0 Å². The van der Waals surface area contributed by atoms with Crippen molar-refractivity contribution in [1.82, 2.24) is 4.90 Å². The van der Waals surface area contributed by atoms with Gasteiger partial charge in [0.1, 0.15) is 0 Å². The van der Waals surface area contributed by atoms with Gasteiger partial charge in [0.25, 0.3) is 15.9 Å². The normalized spacial score (nSPS) is 14.8. The first-order chi connectivity index (χ1) is 12.9. The molecule has 1 saturated heterocycles. The van der Waals surface area contributed by atoms with Gasteiger partial charge in [-0.25, -0.2) is 8.42 Å². The molecule has 5 nitrogen and oxygen atoms in total. The van der Waals surface area contributed by atoms with Crippen molar-refractivity contribution in [2.45, 2.75) is 29.1 Å². The van der Waals surface area contributed by atoms with Crippen molar-refractivity contribution >= 4 is 56.0 Å². The first kappa shape index (κ1) is 20.5. The summed E-state index contributed by atoms with van der Waals surface area (Å²) < 4.78 is 29.2. The molecule has 1 fully saturated rings. The number of amides is 1. The Kier molecular flexibility index (Phi) is 6.69. The van der Waals surface area contributed by atoms with E-state index in [1.54, 1.807) is 24.3 Å². The molecule has 0 radical (unpaired) electrons. The van der Waals surface area contributed by atoms with Gasteiger partial charge >= 0.3 is 0 Å². The highest BCUT2D eigenvalue weighted by atomic mass is 127. The molecular weight excluding hydrogens is 495 g/mol. The number of rotatable bonds is 5. The molecule has 0 aromatic heterocycles. The maximum absolute atomic E-state index is 13.0. The Labute approximate surface area is 178 Å². The highest BCUT2D eigenvalue weighted by Gasteiger charge is 2.23. The Morgan fingerprint density at radius 2 is 1.74 bits per heavy atom. The second-order valence-electron chi connectivity index (χ2n) is 6.33. The van der Waals surface area contributed by atoms with E-state index < -0.39 is 10.0 Å². The number of likely N-dealkylation sites (tertiary alicyclic amines) is 1. The van der Waals surface area contributed by atoms with Crippen molar-refractivity contribution in [1.29, 1.82) is 0 Å². The number of piperidine rings is 1. The number of hydrogen-bond donors (Lipinski definition) is 1. The zero-order valence-electron chi connectivity index (χ0n) is 14.9. The van der Waals surface area contributed by atoms with E-state index in [1.807, 2.05) is 23.3 Å². The smallest absolute Gasteiger partial charge is 0.261 e. The van der Waals surface area contributed by atoms with Crippen LogP contribution in [-0.2, 0) is 10.0 Å². The van der Waals surface area contributed by atoms with E-state index in [4.69, 9.17) is 0 Å². The quantitative estimate of drug-likeness (QED) is 0.472. The van der Waals surface area contributed by atoms with Crippen LogP contribution in [0.5, 0.6) is 0 Å². The standard InChI is InChI=1S/C19H21IN2O3S2/c1-26-18-10-9-16(13-17(18)19(23)22-11-3-2-4-12-22)27(24,25)21-15-7-5-14(20)6-8-15/h5-10,13,21H,2-4,11-12H2,1H3. The summed E-state index contributed by atoms with van der Waals surface area (Å²) in [5.74, 6) is -0.0923. The Morgan fingerprint density at radius 1 is 1.07 bits per heavy atom. The van der Waals surface area contributed by atoms with Gasteiger partial charge in [0.05, 0.1) is 10.5 Å². The second kappa shape index (κ2) is 8.83. The second-order valence-corrected chi connectivity index (χ2v) is 10.1. The highest BCUT2D eigenvalue weighted by molar-refractivity contribution is 14.1. The summed E-state index contributed by atoms with van der Waals surface area (Å²) in [5, 5.41) is 0. The van der Waals surface area contributed by atoms with Crippen LogP contribution in [0, 0.1) is 3.57 Å². The van der Waals surface area contributed by atoms with Crippen molar-refractivity contribution in [3.8, 4) is 0 Å². The molecule has 0 saturated carbocycles. The predicted molar refractivity (Wildman–Crippen MR) is 118 cm³/mol. The lowest BCUT2D eigenvalue weighted by Crippen LogP contribution is -2.36. The molecule has 0 bridgehead atoms. The lowest BCUT2D eigenvalue weighted by molar-refractivity contribution is 0.0720. The third-order valence-electron chi connectivity index (χ3n) is 4.45. The van der Waals surface area contributed by atoms with E-state index in [0.29, 0.717) is 11.3 Å². The summed E-state index contributed by atoms with van der Waals surface area (Å²) in [7, 11) is -3.77. The summed E-state index contributed by atoms with van der Waals surface area (Å²) in [5.41, 5.74) is 0.947. The van der Waals surface area contributed by atoms with Crippen LogP contribution in [0.2, 0.25) is 0 Å². The van der Waals surface area contributed by atoms with Crippen LogP contribution in [-0.4, -0.2) is 38.6 Å². The maximum Gasteiger partial charge on any atom is 0.261 e. The molecule has 0 spiro atoms. The lowest BCUT2D eigenvalue weighted by Gasteiger charge is -2.27. The lowest BCUT2D eigenvalue weighted by atomic mass is 10.1. The molecule has 0 unspecified atom stereocenters. The van der Waals surface area contributed by atoms with Crippen LogP contribution in [0.3, 0.4) is 0 Å². The van der Waals surface area contributed by atoms with Gasteiger partial charge in [-0.05, 0) is 90.6 Å². The van der Waals surface area contributed by atoms with Gasteiger partial charge in [-0.3, -0.25) is 9.52 Å². The summed E-state index contributed by atoms with van der Waals surface area (Å²) >= 11 is 3.61. The summed E-state index contributed by atoms with van der Waals surface area (Å²) in [4.78, 5) is 15.7. The highest BCUT2D eigenvalue weighted by Crippen LogP contribution is 2.27. The molecule has 1 aliphatic heterocycles. The van der Waals surface area contributed by atoms with Crippen molar-refractivity contribution in [3.63, 3.8) is 0 Å². The average molecular weight is 516 g/mol. The van der Waals surface area contributed by atoms with Gasteiger partial charge < -0.3 is 4.90 Å². The van der Waals surface area contributed by atoms with Crippen LogP contribution >= 0.6 is 34.4 Å². The number of hydrogen-bond acceptors (Lipinski definition) is 4. The molecule has 1 amide bonds. The topological polar surface area (TPSA) is 66.5 Å². The molecule has 144 valence electrons. The Balaban J connectivity index is 1.91. The summed E-state index contributed by atoms with van der Waals surface area (Å²) in [6.45, 7) is 1.45. The Bertz CT molecular complexity index is 924. The number of nitrogens with zero attached hydrogens (tertiary/aromatic N) is 1. The van der Waals surface area contributed by atoms with Gasteiger partial charge in [-0.1, -0.05) is 0 Å². The largest absolute Gasteiger partial charge is 0.339 e. The van der Waals surface area contributed by atoms with E-state index in [9.17, 15) is 13.2 Å². The fourth-order valence-electron chi connectivity index (χ4n) is 3.02. The first-order valence-corrected chi connectivity index (χ1v) is 12.4. The Morgan fingerprint density at radius 3 is 2.37 bits per heavy atom. The van der Waals surface area contributed by atoms with E-state index in [2.05, 4.69) is 27.3 Å². The van der Waals surface area contributed by atoms with E-state index in [1.165, 1.54) is 17.8 Å². The van der Waals surface area contributed by atoms with Gasteiger partial charge in [-0.15, -0.1) is 11.8 Å². The molecule has 2 aromatic carbocycles. The maximum atomic E-state index is 13.0. The van der Waals surface area contributed by atoms with Crippen LogP contribution in [0.15, 0.2) is 52.3 Å². The molecule has 8 heteroatoms. The molecule has 2 aromatic rings. The predicted octanol–water partition coefficient (Wildman–Crippen LogP) is 4.44. The number of carbonyl (C=O) groups excluding carboxylic acids is 1. The number of halogens is 1. The zero-order valence-corrected chi connectivity index (χ0v) is 18.7. The fourth-order valence-corrected chi connectivity index (χ4v) is 5.04. The van der Waals surface area contributed by atoms with Gasteiger partial charge in [-0.2, -0.15) is 0 Å². The molecule has 1 heterocycles. The van der Waals surface area contributed by atoms with Crippen LogP contribution in [0.25, 0.3) is 0 Å². The van der Waals surface area contributed by atoms with Crippen LogP contribution in [0.4, 0.5) is 5.69 Å². The van der Waals surface area contributed by atoms with Crippen LogP contribution in [0.1, 0.15) is 29.6 Å². The molecular formula is C19H21IN2O3S2. The molecule has 3 rings (SSSR count). The van der Waals surface area contributed by atoms with Crippen molar-refractivity contribution in [2.75, 3.05) is 24.1 Å². The zero-order chi connectivity index (χ0) is 19.4. The SMILES string of the molecule is CSc1ccc(S(=O)(=O)Nc2ccc(I)cc2)cc1C(=O)N1CCCCC1. The van der Waals surface area contributed by atoms with E-state index in [-0.39, 0.29) is 10.8 Å². The summed E-state index contributed by atoms with van der Waals surface area (Å²) in [6, 6.07) is 11.9. The third-order valence-corrected chi connectivity index (χ3v) is 7.35. The molecule has 0 aliphatic carbocycles. The number of nitrogens with one attached hydrogen (secondary N) is 1. The molecule has 0 atom stereocenters. The van der Waals surface area contributed by atoms with Gasteiger partial charge in [0.15, 0.2) is 0 Å². The number of thioether (sulfide) groups is 1. The molecule has 1 aliphatic rings. The van der Waals surface area contributed by atoms with E-state index in [0.717, 1.165) is 40.8 Å². The van der Waals surface area contributed by atoms with Crippen molar-refractivity contribution in [3.05, 3.63) is 51.6 Å². The molecule has 27 heavy (non-hydrogen) atoms. The molecule has 1 N–H and O–H groups in total. The minimum atomic E-state index is -3.77. The number of benzene rings is 2. The Hall–Kier alpha value is -1.26. The third kappa shape index (κ3) is 4.97. The average Bonchev–Trinajstić information content (AvgIpc) is 2.69. The minimum Gasteiger partial charge on any atom is -0.339 e.